The van der Waals surface area contributed by atoms with E-state index >= 15 is 0 Å². The highest BCUT2D eigenvalue weighted by Gasteiger charge is 2.35. The van der Waals surface area contributed by atoms with Crippen LogP contribution < -0.4 is 9.72 Å². The van der Waals surface area contributed by atoms with Crippen molar-refractivity contribution < 1.29 is 34.8 Å². The van der Waals surface area contributed by atoms with Crippen LogP contribution in [0.2, 0.25) is 0 Å². The van der Waals surface area contributed by atoms with Crippen molar-refractivity contribution >= 4 is 23.5 Å². The summed E-state index contributed by atoms with van der Waals surface area (Å²) in [4.78, 5) is 35.4. The van der Waals surface area contributed by atoms with Crippen molar-refractivity contribution in [2.45, 2.75) is 57.3 Å². The summed E-state index contributed by atoms with van der Waals surface area (Å²) in [5, 5.41) is 44.5. The van der Waals surface area contributed by atoms with E-state index in [1.54, 1.807) is 42.7 Å². The SMILES string of the molecule is COc1cc(CCC(=O)CC(=O)[C@@H]2C(C[N-]c3[nH]ccc3Cc3ccc(O)c(O)c3)=Cc3[n-]ccc3[C@@H]2CCCCc2cccc(O)c2)ccc1O. The third kappa shape index (κ3) is 8.69. The Morgan fingerprint density at radius 2 is 1.67 bits per heavy atom. The number of benzene rings is 3. The second kappa shape index (κ2) is 16.4. The number of phenolic OH excluding ortho intramolecular Hbond substituents is 4. The first kappa shape index (κ1) is 35.9. The van der Waals surface area contributed by atoms with Crippen LogP contribution in [-0.4, -0.2) is 50.6 Å². The summed E-state index contributed by atoms with van der Waals surface area (Å²) in [6.07, 6.45) is 9.53. The molecule has 1 aliphatic rings. The van der Waals surface area contributed by atoms with Gasteiger partial charge in [-0.15, -0.1) is 5.69 Å². The molecule has 1 aliphatic carbocycles. The lowest BCUT2D eigenvalue weighted by Gasteiger charge is -2.36. The lowest BCUT2D eigenvalue weighted by atomic mass is 9.71. The van der Waals surface area contributed by atoms with Gasteiger partial charge in [0, 0.05) is 12.3 Å². The molecule has 270 valence electrons. The summed E-state index contributed by atoms with van der Waals surface area (Å²) in [6, 6.07) is 20.8. The minimum Gasteiger partial charge on any atom is -0.664 e. The number of nitrogens with one attached hydrogen (secondary N) is 1. The molecule has 0 saturated carbocycles. The van der Waals surface area contributed by atoms with Crippen LogP contribution in [0.1, 0.15) is 71.5 Å². The van der Waals surface area contributed by atoms with Gasteiger partial charge in [-0.2, -0.15) is 6.20 Å². The predicted octanol–water partition coefficient (Wildman–Crippen LogP) is 7.77. The molecule has 52 heavy (non-hydrogen) atoms. The number of carbonyl (C=O) groups is 2. The average molecular weight is 702 g/mol. The van der Waals surface area contributed by atoms with E-state index in [-0.39, 0.29) is 59.9 Å². The largest absolute Gasteiger partial charge is 0.664 e. The highest BCUT2D eigenvalue weighted by molar-refractivity contribution is 6.02. The van der Waals surface area contributed by atoms with Crippen molar-refractivity contribution in [3.63, 3.8) is 0 Å². The summed E-state index contributed by atoms with van der Waals surface area (Å²) in [5.41, 5.74) is 6.18. The van der Waals surface area contributed by atoms with Gasteiger partial charge >= 0.3 is 0 Å². The Kier molecular flexibility index (Phi) is 11.3. The number of methoxy groups -OCH3 is 1. The average Bonchev–Trinajstić information content (AvgIpc) is 3.79. The number of aromatic hydroxyl groups is 4. The molecule has 2 heterocycles. The number of Topliss-reactive ketones (excluding diaryl/α,β-unsaturated/α-hetero) is 2. The van der Waals surface area contributed by atoms with Crippen LogP contribution >= 0.6 is 0 Å². The molecule has 2 aromatic heterocycles. The Labute approximate surface area is 302 Å². The molecule has 5 aromatic rings. The van der Waals surface area contributed by atoms with Crippen molar-refractivity contribution in [3.8, 4) is 28.7 Å². The fraction of sp³-hybridized carbons (Fsp3) is 0.286. The minimum atomic E-state index is -0.564. The molecule has 0 spiro atoms. The molecule has 0 fully saturated rings. The zero-order valence-corrected chi connectivity index (χ0v) is 29.1. The molecule has 2 atom stereocenters. The normalized spacial score (nSPS) is 15.1. The molecular weight excluding hydrogens is 658 g/mol. The van der Waals surface area contributed by atoms with E-state index in [4.69, 9.17) is 10.1 Å². The lowest BCUT2D eigenvalue weighted by Crippen LogP contribution is -2.30. The Hall–Kier alpha value is -5.90. The van der Waals surface area contributed by atoms with E-state index < -0.39 is 5.92 Å². The van der Waals surface area contributed by atoms with Gasteiger partial charge in [0.1, 0.15) is 17.3 Å². The number of fused-ring (bicyclic) bond motifs is 1. The van der Waals surface area contributed by atoms with Gasteiger partial charge in [-0.1, -0.05) is 72.0 Å². The monoisotopic (exact) mass is 701 g/mol. The number of carbonyl (C=O) groups excluding carboxylic acids is 2. The number of hydrogen-bond acceptors (Lipinski definition) is 7. The van der Waals surface area contributed by atoms with Gasteiger partial charge in [-0.3, -0.25) is 9.59 Å². The van der Waals surface area contributed by atoms with Crippen molar-refractivity contribution in [2.24, 2.45) is 5.92 Å². The van der Waals surface area contributed by atoms with Crippen molar-refractivity contribution in [1.82, 2.24) is 9.97 Å². The molecule has 6 rings (SSSR count). The second-order valence-corrected chi connectivity index (χ2v) is 13.4. The predicted molar refractivity (Wildman–Crippen MR) is 198 cm³/mol. The number of hydrogen-bond donors (Lipinski definition) is 5. The molecule has 3 aromatic carbocycles. The number of unbranched alkanes of at least 4 members (excludes halogenated alkanes) is 1. The van der Waals surface area contributed by atoms with E-state index in [1.165, 1.54) is 25.3 Å². The van der Waals surface area contributed by atoms with Crippen LogP contribution in [0, 0.1) is 5.92 Å². The van der Waals surface area contributed by atoms with E-state index in [9.17, 15) is 30.0 Å². The van der Waals surface area contributed by atoms with Gasteiger partial charge in [-0.05, 0) is 103 Å². The first-order valence-corrected chi connectivity index (χ1v) is 17.5. The number of nitrogens with zero attached hydrogens (tertiary/aromatic N) is 2. The number of ketones is 2. The van der Waals surface area contributed by atoms with E-state index in [0.717, 1.165) is 58.3 Å². The zero-order chi connectivity index (χ0) is 36.6. The van der Waals surface area contributed by atoms with E-state index in [0.29, 0.717) is 30.8 Å². The number of aromatic nitrogens is 2. The number of rotatable bonds is 17. The minimum absolute atomic E-state index is 0.0234. The summed E-state index contributed by atoms with van der Waals surface area (Å²) in [5.74, 6) is -0.190. The van der Waals surface area contributed by atoms with Crippen LogP contribution in [0.4, 0.5) is 5.82 Å². The summed E-state index contributed by atoms with van der Waals surface area (Å²) in [6.45, 7) is 0.221. The third-order valence-corrected chi connectivity index (χ3v) is 9.75. The first-order chi connectivity index (χ1) is 25.2. The Balaban J connectivity index is 1.19. The van der Waals surface area contributed by atoms with Gasteiger partial charge in [0.2, 0.25) is 0 Å². The van der Waals surface area contributed by atoms with E-state index in [1.807, 2.05) is 30.3 Å². The van der Waals surface area contributed by atoms with Crippen LogP contribution in [-0.2, 0) is 28.9 Å². The number of aryl methyl sites for hydroxylation is 2. The molecule has 0 aliphatic heterocycles. The smallest absolute Gasteiger partial charge is 0.160 e. The number of H-pyrrole nitrogens is 1. The quantitative estimate of drug-likeness (QED) is 0.0372. The zero-order valence-electron chi connectivity index (χ0n) is 29.1. The Morgan fingerprint density at radius 3 is 2.48 bits per heavy atom. The fourth-order valence-corrected chi connectivity index (χ4v) is 7.10. The topological polar surface area (TPSA) is 168 Å². The maximum absolute atomic E-state index is 14.3. The van der Waals surface area contributed by atoms with Gasteiger partial charge in [0.25, 0.3) is 0 Å². The van der Waals surface area contributed by atoms with Crippen LogP contribution in [0.5, 0.6) is 28.7 Å². The number of aromatic amines is 1. The van der Waals surface area contributed by atoms with Gasteiger partial charge in [-0.25, -0.2) is 0 Å². The molecule has 0 unspecified atom stereocenters. The molecule has 0 bridgehead atoms. The highest BCUT2D eigenvalue weighted by atomic mass is 16.5. The standard InChI is InChI=1S/C42H43N3O7/c1-52-40-22-27(10-14-37(40)49)9-12-32(47)24-39(51)41-30(25-45-42-29(15-17-44-42)19-28-11-13-36(48)38(50)21-28)23-35-33(16-18-43-35)34(41)8-3-2-5-26-6-4-7-31(46)20-26/h4,6-7,10-11,13-18,20-23,34,41,44,46,48-50H,2-3,5,8-9,12,19,24-25H2,1H3/q-2/t34-,41+/m0/s1. The van der Waals surface area contributed by atoms with Gasteiger partial charge in [0.15, 0.2) is 23.0 Å². The Morgan fingerprint density at radius 1 is 0.865 bits per heavy atom. The van der Waals surface area contributed by atoms with Crippen LogP contribution in [0.15, 0.2) is 90.8 Å². The highest BCUT2D eigenvalue weighted by Crippen LogP contribution is 2.44. The lowest BCUT2D eigenvalue weighted by molar-refractivity contribution is -0.129. The van der Waals surface area contributed by atoms with E-state index in [2.05, 4.69) is 9.97 Å². The van der Waals surface area contributed by atoms with Gasteiger partial charge in [0.05, 0.1) is 13.5 Å². The molecule has 0 radical (unpaired) electrons. The maximum Gasteiger partial charge on any atom is 0.160 e. The molecule has 0 amide bonds. The van der Waals surface area contributed by atoms with Crippen molar-refractivity contribution in [2.75, 3.05) is 13.7 Å². The fourth-order valence-electron chi connectivity index (χ4n) is 7.10. The molecule has 0 saturated heterocycles. The van der Waals surface area contributed by atoms with Crippen LogP contribution in [0.3, 0.4) is 0 Å². The Bertz CT molecular complexity index is 2060. The number of phenols is 4. The molecule has 5 N–H and O–H groups in total. The van der Waals surface area contributed by atoms with Gasteiger partial charge < -0.3 is 40.4 Å². The summed E-state index contributed by atoms with van der Waals surface area (Å²) in [7, 11) is 1.47. The molecule has 10 nitrogen and oxygen atoms in total. The molecule has 10 heteroatoms. The van der Waals surface area contributed by atoms with Crippen molar-refractivity contribution in [1.29, 1.82) is 0 Å². The number of ether oxygens (including phenoxy) is 1. The molecular formula is C42H43N3O7-2. The summed E-state index contributed by atoms with van der Waals surface area (Å²) >= 11 is 0. The third-order valence-electron chi connectivity index (χ3n) is 9.75. The van der Waals surface area contributed by atoms with Crippen LogP contribution in [0.25, 0.3) is 11.4 Å². The maximum atomic E-state index is 14.3. The summed E-state index contributed by atoms with van der Waals surface area (Å²) < 4.78 is 5.21. The second-order valence-electron chi connectivity index (χ2n) is 13.4. The first-order valence-electron chi connectivity index (χ1n) is 17.5. The van der Waals surface area contributed by atoms with Crippen molar-refractivity contribution in [3.05, 3.63) is 130 Å².